The average molecular weight is 414 g/mol. The Kier molecular flexibility index (Phi) is 6.17. The second-order valence-electron chi connectivity index (χ2n) is 6.57. The van der Waals surface area contributed by atoms with Gasteiger partial charge in [-0.2, -0.15) is 0 Å². The molecule has 0 saturated carbocycles. The van der Waals surface area contributed by atoms with Crippen LogP contribution in [0.2, 0.25) is 0 Å². The number of hydrogen-bond acceptors (Lipinski definition) is 7. The highest BCUT2D eigenvalue weighted by Crippen LogP contribution is 2.29. The topological polar surface area (TPSA) is 103 Å². The fourth-order valence-corrected chi connectivity index (χ4v) is 3.96. The summed E-state index contributed by atoms with van der Waals surface area (Å²) in [4.78, 5) is 32.3. The number of carbonyl (C=O) groups is 2. The first-order valence-electron chi connectivity index (χ1n) is 9.22. The predicted molar refractivity (Wildman–Crippen MR) is 110 cm³/mol. The van der Waals surface area contributed by atoms with Gasteiger partial charge in [-0.3, -0.25) is 9.78 Å². The molecule has 8 nitrogen and oxygen atoms in total. The summed E-state index contributed by atoms with van der Waals surface area (Å²) in [6.45, 7) is 7.36. The highest BCUT2D eigenvalue weighted by atomic mass is 32.2. The summed E-state index contributed by atoms with van der Waals surface area (Å²) in [6.07, 6.45) is 3.39. The summed E-state index contributed by atoms with van der Waals surface area (Å²) in [5, 5.41) is 8.67. The van der Waals surface area contributed by atoms with Crippen molar-refractivity contribution in [1.82, 2.24) is 24.7 Å². The van der Waals surface area contributed by atoms with E-state index in [4.69, 9.17) is 4.74 Å². The molecule has 3 heterocycles. The van der Waals surface area contributed by atoms with Crippen LogP contribution in [0.1, 0.15) is 46.0 Å². The maximum atomic E-state index is 13.0. The van der Waals surface area contributed by atoms with Crippen LogP contribution in [0.3, 0.4) is 0 Å². The molecule has 9 heteroatoms. The molecular weight excluding hydrogens is 390 g/mol. The van der Waals surface area contributed by atoms with E-state index in [2.05, 4.69) is 20.2 Å². The lowest BCUT2D eigenvalue weighted by atomic mass is 10.1. The SMILES string of the molecule is CCOC(=O)c1c(C)[nH]c(C(=O)C(C)Sc2nnc(-c3ccncc3)n2C)c1C. The molecule has 0 fully saturated rings. The van der Waals surface area contributed by atoms with Crippen LogP contribution < -0.4 is 0 Å². The maximum absolute atomic E-state index is 13.0. The third-order valence-electron chi connectivity index (χ3n) is 4.59. The van der Waals surface area contributed by atoms with Crippen LogP contribution in [0.5, 0.6) is 0 Å². The van der Waals surface area contributed by atoms with Gasteiger partial charge in [-0.1, -0.05) is 11.8 Å². The molecule has 0 amide bonds. The number of esters is 1. The number of pyridine rings is 1. The van der Waals surface area contributed by atoms with Crippen LogP contribution in [0.4, 0.5) is 0 Å². The Morgan fingerprint density at radius 2 is 1.93 bits per heavy atom. The molecule has 0 aromatic carbocycles. The normalized spacial score (nSPS) is 12.0. The molecule has 1 atom stereocenters. The van der Waals surface area contributed by atoms with Crippen molar-refractivity contribution in [3.8, 4) is 11.4 Å². The molecule has 0 bridgehead atoms. The summed E-state index contributed by atoms with van der Waals surface area (Å²) >= 11 is 1.32. The van der Waals surface area contributed by atoms with E-state index in [1.54, 1.807) is 33.2 Å². The van der Waals surface area contributed by atoms with E-state index in [1.165, 1.54) is 11.8 Å². The van der Waals surface area contributed by atoms with Crippen molar-refractivity contribution in [2.45, 2.75) is 38.1 Å². The lowest BCUT2D eigenvalue weighted by molar-refractivity contribution is 0.0525. The van der Waals surface area contributed by atoms with Gasteiger partial charge < -0.3 is 14.3 Å². The number of Topliss-reactive ketones (excluding diaryl/α,β-unsaturated/α-hetero) is 1. The second-order valence-corrected chi connectivity index (χ2v) is 7.88. The lowest BCUT2D eigenvalue weighted by Crippen LogP contribution is -2.16. The van der Waals surface area contributed by atoms with E-state index in [0.29, 0.717) is 33.5 Å². The molecule has 0 spiro atoms. The van der Waals surface area contributed by atoms with Gasteiger partial charge >= 0.3 is 5.97 Å². The van der Waals surface area contributed by atoms with Crippen molar-refractivity contribution in [3.05, 3.63) is 47.0 Å². The van der Waals surface area contributed by atoms with Crippen LogP contribution >= 0.6 is 11.8 Å². The van der Waals surface area contributed by atoms with E-state index < -0.39 is 11.2 Å². The van der Waals surface area contributed by atoms with E-state index >= 15 is 0 Å². The Bertz CT molecular complexity index is 1040. The van der Waals surface area contributed by atoms with Crippen molar-refractivity contribution in [2.24, 2.45) is 7.05 Å². The largest absolute Gasteiger partial charge is 0.462 e. The van der Waals surface area contributed by atoms with E-state index in [0.717, 1.165) is 5.56 Å². The number of aromatic amines is 1. The van der Waals surface area contributed by atoms with Crippen LogP contribution in [0, 0.1) is 13.8 Å². The molecule has 1 unspecified atom stereocenters. The highest BCUT2D eigenvalue weighted by molar-refractivity contribution is 8.00. The van der Waals surface area contributed by atoms with Crippen LogP contribution in [-0.4, -0.2) is 48.3 Å². The van der Waals surface area contributed by atoms with Gasteiger partial charge in [0.2, 0.25) is 0 Å². The summed E-state index contributed by atoms with van der Waals surface area (Å²) in [5.41, 5.74) is 2.97. The molecule has 0 radical (unpaired) electrons. The summed E-state index contributed by atoms with van der Waals surface area (Å²) < 4.78 is 6.95. The van der Waals surface area contributed by atoms with Crippen LogP contribution in [0.25, 0.3) is 11.4 Å². The van der Waals surface area contributed by atoms with Crippen LogP contribution in [0.15, 0.2) is 29.7 Å². The maximum Gasteiger partial charge on any atom is 0.340 e. The molecule has 0 saturated heterocycles. The summed E-state index contributed by atoms with van der Waals surface area (Å²) in [7, 11) is 1.86. The molecule has 3 aromatic rings. The van der Waals surface area contributed by atoms with Crippen molar-refractivity contribution in [2.75, 3.05) is 6.61 Å². The third kappa shape index (κ3) is 4.09. The minimum absolute atomic E-state index is 0.111. The van der Waals surface area contributed by atoms with Crippen molar-refractivity contribution in [1.29, 1.82) is 0 Å². The number of hydrogen-bond donors (Lipinski definition) is 1. The number of nitrogens with one attached hydrogen (secondary N) is 1. The number of thioether (sulfide) groups is 1. The average Bonchev–Trinajstić information content (AvgIpc) is 3.21. The molecule has 1 N–H and O–H groups in total. The number of rotatable bonds is 7. The molecule has 29 heavy (non-hydrogen) atoms. The van der Waals surface area contributed by atoms with E-state index in [-0.39, 0.29) is 12.4 Å². The van der Waals surface area contributed by atoms with Crippen molar-refractivity contribution in [3.63, 3.8) is 0 Å². The fourth-order valence-electron chi connectivity index (χ4n) is 3.09. The first-order valence-corrected chi connectivity index (χ1v) is 10.1. The lowest BCUT2D eigenvalue weighted by Gasteiger charge is -2.10. The van der Waals surface area contributed by atoms with Gasteiger partial charge in [-0.05, 0) is 45.4 Å². The predicted octanol–water partition coefficient (Wildman–Crippen LogP) is 3.36. The van der Waals surface area contributed by atoms with E-state index in [9.17, 15) is 9.59 Å². The third-order valence-corrected chi connectivity index (χ3v) is 5.72. The number of aromatic nitrogens is 5. The minimum atomic E-state index is -0.423. The molecule has 3 rings (SSSR count). The fraction of sp³-hybridized carbons (Fsp3) is 0.350. The number of H-pyrrole nitrogens is 1. The quantitative estimate of drug-likeness (QED) is 0.360. The first-order chi connectivity index (χ1) is 13.8. The standard InChI is InChI=1S/C20H23N5O3S/c1-6-28-19(27)15-11(2)16(22-12(15)3)17(26)13(4)29-20-24-23-18(25(20)5)14-7-9-21-10-8-14/h7-10,13,22H,6H2,1-5H3. The Labute approximate surface area is 173 Å². The van der Waals surface area contributed by atoms with Crippen molar-refractivity contribution < 1.29 is 14.3 Å². The Morgan fingerprint density at radius 3 is 2.59 bits per heavy atom. The van der Waals surface area contributed by atoms with Gasteiger partial charge in [-0.15, -0.1) is 10.2 Å². The summed E-state index contributed by atoms with van der Waals surface area (Å²) in [6, 6.07) is 3.71. The van der Waals surface area contributed by atoms with Gasteiger partial charge in [0.25, 0.3) is 0 Å². The number of ketones is 1. The smallest absolute Gasteiger partial charge is 0.340 e. The van der Waals surface area contributed by atoms with Gasteiger partial charge in [-0.25, -0.2) is 4.79 Å². The second kappa shape index (κ2) is 8.60. The van der Waals surface area contributed by atoms with Crippen LogP contribution in [-0.2, 0) is 11.8 Å². The number of aryl methyl sites for hydroxylation is 1. The monoisotopic (exact) mass is 413 g/mol. The number of ether oxygens (including phenoxy) is 1. The minimum Gasteiger partial charge on any atom is -0.462 e. The van der Waals surface area contributed by atoms with Gasteiger partial charge in [0, 0.05) is 30.7 Å². The number of nitrogens with zero attached hydrogens (tertiary/aromatic N) is 4. The molecule has 0 aliphatic carbocycles. The molecular formula is C20H23N5O3S. The van der Waals surface area contributed by atoms with Gasteiger partial charge in [0.05, 0.1) is 23.1 Å². The Balaban J connectivity index is 1.81. The van der Waals surface area contributed by atoms with E-state index in [1.807, 2.05) is 30.7 Å². The summed E-state index contributed by atoms with van der Waals surface area (Å²) in [5.74, 6) is 0.166. The molecule has 0 aliphatic rings. The number of carbonyl (C=O) groups excluding carboxylic acids is 2. The molecule has 3 aromatic heterocycles. The van der Waals surface area contributed by atoms with Crippen molar-refractivity contribution >= 4 is 23.5 Å². The first kappa shape index (κ1) is 20.8. The highest BCUT2D eigenvalue weighted by Gasteiger charge is 2.27. The zero-order valence-electron chi connectivity index (χ0n) is 17.0. The molecule has 0 aliphatic heterocycles. The van der Waals surface area contributed by atoms with Gasteiger partial charge in [0.1, 0.15) is 0 Å². The Hall–Kier alpha value is -2.94. The molecule has 152 valence electrons. The zero-order valence-corrected chi connectivity index (χ0v) is 17.8. The van der Waals surface area contributed by atoms with Gasteiger partial charge in [0.15, 0.2) is 16.8 Å². The zero-order chi connectivity index (χ0) is 21.1. The Morgan fingerprint density at radius 1 is 1.24 bits per heavy atom.